The lowest BCUT2D eigenvalue weighted by Gasteiger charge is -2.12. The first kappa shape index (κ1) is 20.3. The van der Waals surface area contributed by atoms with Crippen LogP contribution in [0.5, 0.6) is 11.5 Å². The maximum Gasteiger partial charge on any atom is 0.331 e. The van der Waals surface area contributed by atoms with Gasteiger partial charge in [-0.25, -0.2) is 4.79 Å². The fraction of sp³-hybridized carbons (Fsp3) is 0.200. The van der Waals surface area contributed by atoms with Crippen molar-refractivity contribution in [1.82, 2.24) is 0 Å². The molecule has 1 atom stereocenters. The van der Waals surface area contributed by atoms with Crippen LogP contribution in [0, 0.1) is 0 Å². The average Bonchev–Trinajstić information content (AvgIpc) is 2.66. The molecule has 1 N–H and O–H groups in total. The fourth-order valence-electron chi connectivity index (χ4n) is 2.17. The summed E-state index contributed by atoms with van der Waals surface area (Å²) in [5.41, 5.74) is 1.22. The molecule has 0 spiro atoms. The first-order chi connectivity index (χ1) is 12.9. The number of hydrogen-bond donors (Lipinski definition) is 1. The van der Waals surface area contributed by atoms with E-state index in [4.69, 9.17) is 25.8 Å². The van der Waals surface area contributed by atoms with Crippen LogP contribution in [0.1, 0.15) is 12.5 Å². The van der Waals surface area contributed by atoms with Crippen LogP contribution in [0.4, 0.5) is 5.69 Å². The van der Waals surface area contributed by atoms with Crippen molar-refractivity contribution >= 4 is 35.2 Å². The van der Waals surface area contributed by atoms with Crippen LogP contribution in [-0.4, -0.2) is 32.2 Å². The molecule has 0 heterocycles. The Morgan fingerprint density at radius 2 is 1.74 bits per heavy atom. The molecule has 2 aromatic rings. The van der Waals surface area contributed by atoms with E-state index in [2.05, 4.69) is 5.32 Å². The summed E-state index contributed by atoms with van der Waals surface area (Å²) in [6.07, 6.45) is 1.81. The molecule has 0 aliphatic carbocycles. The predicted molar refractivity (Wildman–Crippen MR) is 104 cm³/mol. The summed E-state index contributed by atoms with van der Waals surface area (Å²) in [4.78, 5) is 24.1. The Hall–Kier alpha value is -2.99. The van der Waals surface area contributed by atoms with E-state index in [0.29, 0.717) is 27.8 Å². The van der Waals surface area contributed by atoms with Crippen LogP contribution in [0.3, 0.4) is 0 Å². The average molecular weight is 390 g/mol. The van der Waals surface area contributed by atoms with Crippen molar-refractivity contribution in [2.24, 2.45) is 0 Å². The minimum absolute atomic E-state index is 0.456. The molecular weight excluding hydrogens is 370 g/mol. The molecule has 0 aliphatic rings. The van der Waals surface area contributed by atoms with Crippen molar-refractivity contribution in [3.63, 3.8) is 0 Å². The van der Waals surface area contributed by atoms with Crippen LogP contribution in [0.15, 0.2) is 48.5 Å². The number of ether oxygens (including phenoxy) is 3. The van der Waals surface area contributed by atoms with Crippen molar-refractivity contribution < 1.29 is 23.8 Å². The summed E-state index contributed by atoms with van der Waals surface area (Å²) in [6, 6.07) is 11.9. The number of benzene rings is 2. The van der Waals surface area contributed by atoms with Crippen LogP contribution >= 0.6 is 11.6 Å². The molecule has 0 bridgehead atoms. The van der Waals surface area contributed by atoms with Gasteiger partial charge in [0.1, 0.15) is 11.5 Å². The van der Waals surface area contributed by atoms with E-state index >= 15 is 0 Å². The molecule has 0 saturated carbocycles. The number of methoxy groups -OCH3 is 2. The highest BCUT2D eigenvalue weighted by Gasteiger charge is 2.16. The third kappa shape index (κ3) is 6.34. The van der Waals surface area contributed by atoms with Gasteiger partial charge in [0.05, 0.1) is 14.2 Å². The smallest absolute Gasteiger partial charge is 0.331 e. The second-order valence-corrected chi connectivity index (χ2v) is 5.99. The van der Waals surface area contributed by atoms with Gasteiger partial charge in [0.25, 0.3) is 5.91 Å². The summed E-state index contributed by atoms with van der Waals surface area (Å²) in [5, 5.41) is 3.13. The van der Waals surface area contributed by atoms with E-state index in [1.165, 1.54) is 27.2 Å². The van der Waals surface area contributed by atoms with E-state index in [9.17, 15) is 9.59 Å². The number of halogens is 1. The topological polar surface area (TPSA) is 73.9 Å². The minimum Gasteiger partial charge on any atom is -0.497 e. The molecule has 0 saturated heterocycles. The molecule has 2 aromatic carbocycles. The van der Waals surface area contributed by atoms with Gasteiger partial charge in [0, 0.05) is 22.9 Å². The van der Waals surface area contributed by atoms with E-state index in [1.54, 1.807) is 48.5 Å². The van der Waals surface area contributed by atoms with Gasteiger partial charge < -0.3 is 19.5 Å². The zero-order valence-corrected chi connectivity index (χ0v) is 15.9. The third-order valence-corrected chi connectivity index (χ3v) is 3.78. The Morgan fingerprint density at radius 1 is 1.07 bits per heavy atom. The van der Waals surface area contributed by atoms with Crippen LogP contribution in [-0.2, 0) is 14.3 Å². The van der Waals surface area contributed by atoms with Crippen LogP contribution in [0.2, 0.25) is 5.02 Å². The van der Waals surface area contributed by atoms with Gasteiger partial charge in [0.2, 0.25) is 0 Å². The number of carbonyl (C=O) groups excluding carboxylic acids is 2. The van der Waals surface area contributed by atoms with Crippen LogP contribution in [0.25, 0.3) is 6.08 Å². The Kier molecular flexibility index (Phi) is 7.25. The quantitative estimate of drug-likeness (QED) is 0.573. The first-order valence-corrected chi connectivity index (χ1v) is 8.47. The number of amides is 1. The lowest BCUT2D eigenvalue weighted by molar-refractivity contribution is -0.148. The molecule has 27 heavy (non-hydrogen) atoms. The summed E-state index contributed by atoms with van der Waals surface area (Å²) >= 11 is 5.87. The zero-order chi connectivity index (χ0) is 19.8. The molecule has 7 heteroatoms. The van der Waals surface area contributed by atoms with Gasteiger partial charge in [-0.3, -0.25) is 4.79 Å². The Morgan fingerprint density at radius 3 is 2.33 bits per heavy atom. The van der Waals surface area contributed by atoms with Crippen molar-refractivity contribution in [2.45, 2.75) is 13.0 Å². The van der Waals surface area contributed by atoms with Gasteiger partial charge in [-0.15, -0.1) is 0 Å². The third-order valence-electron chi connectivity index (χ3n) is 3.54. The number of rotatable bonds is 7. The lowest BCUT2D eigenvalue weighted by atomic mass is 10.2. The lowest BCUT2D eigenvalue weighted by Crippen LogP contribution is -2.29. The molecule has 0 unspecified atom stereocenters. The molecular formula is C20H20ClNO5. The summed E-state index contributed by atoms with van der Waals surface area (Å²) in [5.74, 6) is 0.0841. The van der Waals surface area contributed by atoms with Gasteiger partial charge in [-0.05, 0) is 48.9 Å². The normalized spacial score (nSPS) is 11.7. The second-order valence-electron chi connectivity index (χ2n) is 5.56. The number of carbonyl (C=O) groups is 2. The Bertz CT molecular complexity index is 828. The van der Waals surface area contributed by atoms with Crippen LogP contribution < -0.4 is 14.8 Å². The van der Waals surface area contributed by atoms with Crippen molar-refractivity contribution in [3.8, 4) is 11.5 Å². The summed E-state index contributed by atoms with van der Waals surface area (Å²) in [6.45, 7) is 1.49. The minimum atomic E-state index is -0.971. The maximum atomic E-state index is 12.1. The monoisotopic (exact) mass is 389 g/mol. The van der Waals surface area contributed by atoms with Gasteiger partial charge in [-0.2, -0.15) is 0 Å². The standard InChI is InChI=1S/C20H20ClNO5/c1-13(20(24)22-16-6-4-5-15(21)11-16)27-19(23)8-7-14-9-17(25-2)12-18(10-14)26-3/h4-13H,1-3H3,(H,22,24)/b8-7+/t13-/m0/s1. The molecule has 142 valence electrons. The maximum absolute atomic E-state index is 12.1. The summed E-state index contributed by atoms with van der Waals surface area (Å²) < 4.78 is 15.5. The predicted octanol–water partition coefficient (Wildman–Crippen LogP) is 3.94. The highest BCUT2D eigenvalue weighted by molar-refractivity contribution is 6.30. The molecule has 0 aliphatic heterocycles. The van der Waals surface area contributed by atoms with Gasteiger partial charge in [0.15, 0.2) is 6.10 Å². The van der Waals surface area contributed by atoms with E-state index < -0.39 is 18.0 Å². The molecule has 2 rings (SSSR count). The Labute approximate surface area is 162 Å². The van der Waals surface area contributed by atoms with E-state index in [0.717, 1.165) is 0 Å². The number of nitrogens with one attached hydrogen (secondary N) is 1. The highest BCUT2D eigenvalue weighted by Crippen LogP contribution is 2.23. The number of esters is 1. The highest BCUT2D eigenvalue weighted by atomic mass is 35.5. The van der Waals surface area contributed by atoms with Crippen molar-refractivity contribution in [1.29, 1.82) is 0 Å². The SMILES string of the molecule is COc1cc(/C=C/C(=O)O[C@@H](C)C(=O)Nc2cccc(Cl)c2)cc(OC)c1. The zero-order valence-electron chi connectivity index (χ0n) is 15.2. The molecule has 0 fully saturated rings. The Balaban J connectivity index is 1.96. The van der Waals surface area contributed by atoms with E-state index in [-0.39, 0.29) is 0 Å². The first-order valence-electron chi connectivity index (χ1n) is 8.09. The van der Waals surface area contributed by atoms with Gasteiger partial charge >= 0.3 is 5.97 Å². The molecule has 1 amide bonds. The summed E-state index contributed by atoms with van der Waals surface area (Å²) in [7, 11) is 3.08. The van der Waals surface area contributed by atoms with Crippen molar-refractivity contribution in [3.05, 3.63) is 59.1 Å². The second kappa shape index (κ2) is 9.64. The van der Waals surface area contributed by atoms with Gasteiger partial charge in [-0.1, -0.05) is 17.7 Å². The van der Waals surface area contributed by atoms with E-state index in [1.807, 2.05) is 0 Å². The largest absolute Gasteiger partial charge is 0.497 e. The molecule has 0 radical (unpaired) electrons. The fourth-order valence-corrected chi connectivity index (χ4v) is 2.36. The number of hydrogen-bond acceptors (Lipinski definition) is 5. The van der Waals surface area contributed by atoms with Crippen molar-refractivity contribution in [2.75, 3.05) is 19.5 Å². The molecule has 6 nitrogen and oxygen atoms in total. The number of anilines is 1. The molecule has 0 aromatic heterocycles.